The van der Waals surface area contributed by atoms with Crippen molar-refractivity contribution >= 4 is 21.6 Å². The molecule has 0 unspecified atom stereocenters. The summed E-state index contributed by atoms with van der Waals surface area (Å²) < 4.78 is 40.0. The molecule has 0 radical (unpaired) electrons. The molecule has 1 aromatic heterocycles. The van der Waals surface area contributed by atoms with Crippen LogP contribution >= 0.6 is 0 Å². The summed E-state index contributed by atoms with van der Waals surface area (Å²) in [7, 11) is -2.10. The smallest absolute Gasteiger partial charge is 0.268 e. The second-order valence-electron chi connectivity index (χ2n) is 7.50. The number of amides is 1. The summed E-state index contributed by atoms with van der Waals surface area (Å²) in [4.78, 5) is 12.8. The molecule has 160 valence electrons. The maximum Gasteiger partial charge on any atom is 0.268 e. The third kappa shape index (κ3) is 3.40. The zero-order valence-corrected chi connectivity index (χ0v) is 17.7. The Morgan fingerprint density at radius 2 is 1.90 bits per heavy atom. The molecule has 0 saturated heterocycles. The van der Waals surface area contributed by atoms with Crippen LogP contribution in [0, 0.1) is 0 Å². The van der Waals surface area contributed by atoms with Crippen molar-refractivity contribution in [3.8, 4) is 11.5 Å². The Morgan fingerprint density at radius 1 is 1.10 bits per heavy atom. The minimum Gasteiger partial charge on any atom is -0.454 e. The Balaban J connectivity index is 1.34. The van der Waals surface area contributed by atoms with Crippen molar-refractivity contribution in [3.63, 3.8) is 0 Å². The third-order valence-electron chi connectivity index (χ3n) is 5.54. The molecule has 5 rings (SSSR count). The van der Waals surface area contributed by atoms with E-state index < -0.39 is 10.0 Å². The van der Waals surface area contributed by atoms with Crippen LogP contribution in [0.25, 0.3) is 0 Å². The standard InChI is InChI=1S/C22H21N3O5S/c1-24-13-17(31(27,28)25-9-8-16-4-2-3-5-18(16)25)11-19(24)22(26)23-12-15-6-7-20-21(10-15)30-14-29-20/h2-7,10-11,13H,8-9,12,14H2,1H3,(H,23,26). The first kappa shape index (κ1) is 19.5. The maximum absolute atomic E-state index is 13.2. The topological polar surface area (TPSA) is 89.9 Å². The van der Waals surface area contributed by atoms with Gasteiger partial charge >= 0.3 is 0 Å². The minimum atomic E-state index is -3.76. The SMILES string of the molecule is Cn1cc(S(=O)(=O)N2CCc3ccccc32)cc1C(=O)NCc1ccc2c(c1)OCO2. The zero-order chi connectivity index (χ0) is 21.6. The number of ether oxygens (including phenoxy) is 2. The van der Waals surface area contributed by atoms with Crippen molar-refractivity contribution in [2.75, 3.05) is 17.6 Å². The number of aryl methyl sites for hydroxylation is 1. The van der Waals surface area contributed by atoms with E-state index in [-0.39, 0.29) is 29.8 Å². The van der Waals surface area contributed by atoms with E-state index in [1.165, 1.54) is 21.1 Å². The van der Waals surface area contributed by atoms with Gasteiger partial charge in [0, 0.05) is 26.3 Å². The molecular weight excluding hydrogens is 418 g/mol. The molecule has 0 spiro atoms. The van der Waals surface area contributed by atoms with Crippen molar-refractivity contribution < 1.29 is 22.7 Å². The first-order chi connectivity index (χ1) is 14.9. The highest BCUT2D eigenvalue weighted by Crippen LogP contribution is 2.34. The molecule has 0 saturated carbocycles. The van der Waals surface area contributed by atoms with Crippen molar-refractivity contribution in [3.05, 3.63) is 71.5 Å². The van der Waals surface area contributed by atoms with Crippen molar-refractivity contribution in [1.29, 1.82) is 0 Å². The number of nitrogens with one attached hydrogen (secondary N) is 1. The molecule has 3 aromatic rings. The molecule has 9 heteroatoms. The Morgan fingerprint density at radius 3 is 2.77 bits per heavy atom. The van der Waals surface area contributed by atoms with E-state index in [4.69, 9.17) is 9.47 Å². The molecule has 1 amide bonds. The highest BCUT2D eigenvalue weighted by molar-refractivity contribution is 7.92. The number of rotatable bonds is 5. The predicted octanol–water partition coefficient (Wildman–Crippen LogP) is 2.44. The van der Waals surface area contributed by atoms with Crippen molar-refractivity contribution in [2.45, 2.75) is 17.9 Å². The van der Waals surface area contributed by atoms with Gasteiger partial charge in [0.1, 0.15) is 10.6 Å². The van der Waals surface area contributed by atoms with Gasteiger partial charge in [-0.3, -0.25) is 9.10 Å². The van der Waals surface area contributed by atoms with Gasteiger partial charge in [0.15, 0.2) is 11.5 Å². The van der Waals surface area contributed by atoms with Crippen LogP contribution in [0.3, 0.4) is 0 Å². The van der Waals surface area contributed by atoms with Gasteiger partial charge < -0.3 is 19.4 Å². The molecule has 0 bridgehead atoms. The number of hydrogen-bond acceptors (Lipinski definition) is 5. The minimum absolute atomic E-state index is 0.0972. The zero-order valence-electron chi connectivity index (χ0n) is 16.9. The fraction of sp³-hybridized carbons (Fsp3) is 0.227. The summed E-state index contributed by atoms with van der Waals surface area (Å²) in [6.45, 7) is 0.859. The lowest BCUT2D eigenvalue weighted by atomic mass is 10.2. The highest BCUT2D eigenvalue weighted by Gasteiger charge is 2.32. The van der Waals surface area contributed by atoms with E-state index >= 15 is 0 Å². The van der Waals surface area contributed by atoms with Gasteiger partial charge in [-0.05, 0) is 41.8 Å². The van der Waals surface area contributed by atoms with Crippen LogP contribution in [0.1, 0.15) is 21.6 Å². The molecule has 0 atom stereocenters. The van der Waals surface area contributed by atoms with Crippen LogP contribution in [0.2, 0.25) is 0 Å². The first-order valence-corrected chi connectivity index (χ1v) is 11.3. The van der Waals surface area contributed by atoms with E-state index in [0.29, 0.717) is 30.2 Å². The molecule has 2 aliphatic heterocycles. The number of benzene rings is 2. The van der Waals surface area contributed by atoms with Crippen LogP contribution in [0.4, 0.5) is 5.69 Å². The van der Waals surface area contributed by atoms with Gasteiger partial charge in [0.05, 0.1) is 5.69 Å². The predicted molar refractivity (Wildman–Crippen MR) is 114 cm³/mol. The third-order valence-corrected chi connectivity index (χ3v) is 7.31. The van der Waals surface area contributed by atoms with Gasteiger partial charge in [-0.15, -0.1) is 0 Å². The van der Waals surface area contributed by atoms with Crippen LogP contribution in [-0.2, 0) is 30.0 Å². The first-order valence-electron chi connectivity index (χ1n) is 9.87. The van der Waals surface area contributed by atoms with Crippen LogP contribution in [0.15, 0.2) is 59.6 Å². The Labute approximate surface area is 180 Å². The van der Waals surface area contributed by atoms with E-state index in [2.05, 4.69) is 5.32 Å². The number of carbonyl (C=O) groups excluding carboxylic acids is 1. The summed E-state index contributed by atoms with van der Waals surface area (Å²) in [5.74, 6) is 0.962. The molecule has 0 aliphatic carbocycles. The Hall–Kier alpha value is -3.46. The monoisotopic (exact) mass is 439 g/mol. The number of sulfonamides is 1. The summed E-state index contributed by atoms with van der Waals surface area (Å²) >= 11 is 0. The summed E-state index contributed by atoms with van der Waals surface area (Å²) in [6, 6.07) is 14.4. The van der Waals surface area contributed by atoms with Crippen LogP contribution in [0.5, 0.6) is 11.5 Å². The number of nitrogens with zero attached hydrogens (tertiary/aromatic N) is 2. The molecule has 8 nitrogen and oxygen atoms in total. The summed E-state index contributed by atoms with van der Waals surface area (Å²) in [5, 5.41) is 2.83. The van der Waals surface area contributed by atoms with Crippen LogP contribution < -0.4 is 19.1 Å². The molecule has 31 heavy (non-hydrogen) atoms. The number of aromatic nitrogens is 1. The molecule has 1 N–H and O–H groups in total. The molecule has 2 aliphatic rings. The van der Waals surface area contributed by atoms with Crippen molar-refractivity contribution in [2.24, 2.45) is 7.05 Å². The highest BCUT2D eigenvalue weighted by atomic mass is 32.2. The van der Waals surface area contributed by atoms with E-state index in [1.807, 2.05) is 36.4 Å². The quantitative estimate of drug-likeness (QED) is 0.660. The Bertz CT molecular complexity index is 1280. The fourth-order valence-corrected chi connectivity index (χ4v) is 5.48. The van der Waals surface area contributed by atoms with E-state index in [0.717, 1.165) is 11.1 Å². The normalized spacial score (nSPS) is 14.5. The molecule has 2 aromatic carbocycles. The largest absolute Gasteiger partial charge is 0.454 e. The van der Waals surface area contributed by atoms with E-state index in [1.54, 1.807) is 13.1 Å². The van der Waals surface area contributed by atoms with E-state index in [9.17, 15) is 13.2 Å². The maximum atomic E-state index is 13.2. The van der Waals surface area contributed by atoms with Gasteiger partial charge in [-0.2, -0.15) is 0 Å². The van der Waals surface area contributed by atoms with Gasteiger partial charge in [-0.25, -0.2) is 8.42 Å². The van der Waals surface area contributed by atoms with Gasteiger partial charge in [0.2, 0.25) is 6.79 Å². The average molecular weight is 439 g/mol. The van der Waals surface area contributed by atoms with Gasteiger partial charge in [-0.1, -0.05) is 24.3 Å². The fourth-order valence-electron chi connectivity index (χ4n) is 3.91. The number of carbonyl (C=O) groups is 1. The second kappa shape index (κ2) is 7.35. The van der Waals surface area contributed by atoms with Crippen LogP contribution in [-0.4, -0.2) is 32.2 Å². The molecule has 0 fully saturated rings. The average Bonchev–Trinajstić information content (AvgIpc) is 3.49. The number of anilines is 1. The van der Waals surface area contributed by atoms with Gasteiger partial charge in [0.25, 0.3) is 15.9 Å². The lowest BCUT2D eigenvalue weighted by Crippen LogP contribution is -2.28. The summed E-state index contributed by atoms with van der Waals surface area (Å²) in [6.07, 6.45) is 2.15. The lowest BCUT2D eigenvalue weighted by Gasteiger charge is -2.18. The molecule has 3 heterocycles. The number of para-hydroxylation sites is 1. The van der Waals surface area contributed by atoms with Crippen molar-refractivity contribution in [1.82, 2.24) is 9.88 Å². The molecular formula is C22H21N3O5S. The number of hydrogen-bond donors (Lipinski definition) is 1. The lowest BCUT2D eigenvalue weighted by molar-refractivity contribution is 0.0942. The second-order valence-corrected chi connectivity index (χ2v) is 9.36. The Kier molecular flexibility index (Phi) is 4.62. The number of fused-ring (bicyclic) bond motifs is 2. The summed E-state index contributed by atoms with van der Waals surface area (Å²) in [5.41, 5.74) is 2.82.